The summed E-state index contributed by atoms with van der Waals surface area (Å²) in [7, 11) is 0. The van der Waals surface area contributed by atoms with Gasteiger partial charge in [0.25, 0.3) is 0 Å². The first kappa shape index (κ1) is 21.6. The number of nitrogens with zero attached hydrogens (tertiary/aromatic N) is 2. The lowest BCUT2D eigenvalue weighted by Crippen LogP contribution is -2.43. The summed E-state index contributed by atoms with van der Waals surface area (Å²) >= 11 is 0. The molecule has 3 fully saturated rings. The van der Waals surface area contributed by atoms with Gasteiger partial charge in [-0.3, -0.25) is 9.59 Å². The van der Waals surface area contributed by atoms with Crippen molar-refractivity contribution >= 4 is 11.8 Å². The lowest BCUT2D eigenvalue weighted by atomic mass is 9.87. The average molecular weight is 392 g/mol. The summed E-state index contributed by atoms with van der Waals surface area (Å²) < 4.78 is 0. The van der Waals surface area contributed by atoms with Crippen LogP contribution in [0.1, 0.15) is 77.6 Å². The number of hydrogen-bond donors (Lipinski definition) is 1. The fourth-order valence-corrected chi connectivity index (χ4v) is 5.32. The van der Waals surface area contributed by atoms with Gasteiger partial charge in [-0.25, -0.2) is 0 Å². The van der Waals surface area contributed by atoms with Crippen LogP contribution in [0.3, 0.4) is 0 Å². The monoisotopic (exact) mass is 391 g/mol. The molecule has 1 N–H and O–H groups in total. The second-order valence-corrected chi connectivity index (χ2v) is 9.56. The first-order valence-electron chi connectivity index (χ1n) is 11.9. The highest BCUT2D eigenvalue weighted by atomic mass is 16.2. The minimum absolute atomic E-state index is 0.198. The molecule has 2 amide bonds. The van der Waals surface area contributed by atoms with Gasteiger partial charge >= 0.3 is 0 Å². The molecule has 5 heteroatoms. The van der Waals surface area contributed by atoms with E-state index in [9.17, 15) is 9.59 Å². The number of hydrogen-bond acceptors (Lipinski definition) is 3. The highest BCUT2D eigenvalue weighted by Crippen LogP contribution is 2.28. The van der Waals surface area contributed by atoms with Crippen LogP contribution in [0.5, 0.6) is 0 Å². The van der Waals surface area contributed by atoms with Gasteiger partial charge in [0.2, 0.25) is 11.8 Å². The Morgan fingerprint density at radius 1 is 0.929 bits per heavy atom. The zero-order chi connectivity index (χ0) is 19.8. The van der Waals surface area contributed by atoms with Crippen LogP contribution in [0.4, 0.5) is 0 Å². The Morgan fingerprint density at radius 2 is 1.68 bits per heavy atom. The third-order valence-electron chi connectivity index (χ3n) is 7.07. The molecule has 2 heterocycles. The molecule has 5 nitrogen and oxygen atoms in total. The normalized spacial score (nSPS) is 25.6. The molecule has 1 aliphatic carbocycles. The Hall–Kier alpha value is -1.10. The smallest absolute Gasteiger partial charge is 0.225 e. The molecule has 2 saturated heterocycles. The van der Waals surface area contributed by atoms with Crippen molar-refractivity contribution in [2.45, 2.75) is 77.6 Å². The van der Waals surface area contributed by atoms with Gasteiger partial charge in [0.1, 0.15) is 0 Å². The van der Waals surface area contributed by atoms with Crippen LogP contribution in [0.25, 0.3) is 0 Å². The van der Waals surface area contributed by atoms with Gasteiger partial charge in [-0.05, 0) is 69.9 Å². The summed E-state index contributed by atoms with van der Waals surface area (Å²) in [6, 6.07) is 0. The zero-order valence-electron chi connectivity index (χ0n) is 18.0. The Bertz CT molecular complexity index is 496. The average Bonchev–Trinajstić information content (AvgIpc) is 2.72. The molecule has 1 atom stereocenters. The molecule has 0 aromatic rings. The molecule has 160 valence electrons. The minimum Gasteiger partial charge on any atom is -0.356 e. The van der Waals surface area contributed by atoms with Crippen LogP contribution in [0, 0.1) is 17.8 Å². The van der Waals surface area contributed by atoms with Crippen LogP contribution < -0.4 is 5.32 Å². The standard InChI is InChI=1S/C23H41N3O2/c1-19-7-5-13-25(18-19)14-6-12-24-22(27)17-20-10-15-26(16-11-20)23(28)21-8-3-2-4-9-21/h19-21H,2-18H2,1H3,(H,24,27). The van der Waals surface area contributed by atoms with E-state index < -0.39 is 0 Å². The molecule has 0 spiro atoms. The van der Waals surface area contributed by atoms with E-state index in [1.165, 1.54) is 45.2 Å². The Labute approximate surface area is 171 Å². The second-order valence-electron chi connectivity index (χ2n) is 9.56. The van der Waals surface area contributed by atoms with E-state index in [4.69, 9.17) is 0 Å². The summed E-state index contributed by atoms with van der Waals surface area (Å²) in [5.74, 6) is 2.12. The van der Waals surface area contributed by atoms with E-state index in [2.05, 4.69) is 22.0 Å². The molecule has 2 aliphatic heterocycles. The summed E-state index contributed by atoms with van der Waals surface area (Å²) in [6.45, 7) is 8.36. The van der Waals surface area contributed by atoms with Gasteiger partial charge in [-0.2, -0.15) is 0 Å². The predicted octanol–water partition coefficient (Wildman–Crippen LogP) is 3.43. The summed E-state index contributed by atoms with van der Waals surface area (Å²) in [4.78, 5) is 29.5. The SMILES string of the molecule is CC1CCCN(CCCNC(=O)CC2CCN(C(=O)C3CCCCC3)CC2)C1. The zero-order valence-corrected chi connectivity index (χ0v) is 18.0. The molecule has 0 bridgehead atoms. The molecular formula is C23H41N3O2. The molecular weight excluding hydrogens is 350 g/mol. The lowest BCUT2D eigenvalue weighted by Gasteiger charge is -2.35. The minimum atomic E-state index is 0.198. The van der Waals surface area contributed by atoms with E-state index >= 15 is 0 Å². The third kappa shape index (κ3) is 6.75. The molecule has 1 unspecified atom stereocenters. The van der Waals surface area contributed by atoms with Crippen LogP contribution >= 0.6 is 0 Å². The van der Waals surface area contributed by atoms with Crippen molar-refractivity contribution in [1.82, 2.24) is 15.1 Å². The fourth-order valence-electron chi connectivity index (χ4n) is 5.32. The quantitative estimate of drug-likeness (QED) is 0.677. The largest absolute Gasteiger partial charge is 0.356 e. The number of carbonyl (C=O) groups is 2. The molecule has 28 heavy (non-hydrogen) atoms. The number of carbonyl (C=O) groups excluding carboxylic acids is 2. The number of amides is 2. The molecule has 3 aliphatic rings. The first-order valence-corrected chi connectivity index (χ1v) is 11.9. The Balaban J connectivity index is 1.26. The number of likely N-dealkylation sites (tertiary alicyclic amines) is 2. The van der Waals surface area contributed by atoms with E-state index in [0.717, 1.165) is 64.2 Å². The topological polar surface area (TPSA) is 52.7 Å². The van der Waals surface area contributed by atoms with Crippen LogP contribution in [0.15, 0.2) is 0 Å². The number of rotatable bonds is 7. The van der Waals surface area contributed by atoms with Crippen LogP contribution in [-0.4, -0.2) is 60.9 Å². The van der Waals surface area contributed by atoms with Crippen molar-refractivity contribution in [3.05, 3.63) is 0 Å². The van der Waals surface area contributed by atoms with E-state index in [-0.39, 0.29) is 11.8 Å². The van der Waals surface area contributed by atoms with Gasteiger partial charge in [-0.1, -0.05) is 26.2 Å². The summed E-state index contributed by atoms with van der Waals surface area (Å²) in [5, 5.41) is 3.12. The van der Waals surface area contributed by atoms with E-state index in [1.54, 1.807) is 0 Å². The molecule has 0 radical (unpaired) electrons. The molecule has 1 saturated carbocycles. The van der Waals surface area contributed by atoms with Gasteiger partial charge in [0.05, 0.1) is 0 Å². The summed E-state index contributed by atoms with van der Waals surface area (Å²) in [6.07, 6.45) is 12.2. The predicted molar refractivity (Wildman–Crippen MR) is 113 cm³/mol. The highest BCUT2D eigenvalue weighted by Gasteiger charge is 2.29. The third-order valence-corrected chi connectivity index (χ3v) is 7.07. The van der Waals surface area contributed by atoms with Crippen molar-refractivity contribution < 1.29 is 9.59 Å². The number of nitrogens with one attached hydrogen (secondary N) is 1. The van der Waals surface area contributed by atoms with Crippen molar-refractivity contribution in [2.24, 2.45) is 17.8 Å². The van der Waals surface area contributed by atoms with Crippen LogP contribution in [0.2, 0.25) is 0 Å². The maximum atomic E-state index is 12.6. The lowest BCUT2D eigenvalue weighted by molar-refractivity contribution is -0.138. The Morgan fingerprint density at radius 3 is 2.39 bits per heavy atom. The van der Waals surface area contributed by atoms with E-state index in [1.807, 2.05) is 0 Å². The second kappa shape index (κ2) is 11.2. The molecule has 0 aromatic carbocycles. The van der Waals surface area contributed by atoms with Gasteiger partial charge in [0.15, 0.2) is 0 Å². The van der Waals surface area contributed by atoms with Crippen molar-refractivity contribution in [3.63, 3.8) is 0 Å². The number of piperidine rings is 2. The van der Waals surface area contributed by atoms with Crippen molar-refractivity contribution in [3.8, 4) is 0 Å². The first-order chi connectivity index (χ1) is 13.6. The van der Waals surface area contributed by atoms with E-state index in [0.29, 0.717) is 18.2 Å². The van der Waals surface area contributed by atoms with Gasteiger partial charge in [0, 0.05) is 38.5 Å². The summed E-state index contributed by atoms with van der Waals surface area (Å²) in [5.41, 5.74) is 0. The van der Waals surface area contributed by atoms with Crippen molar-refractivity contribution in [2.75, 3.05) is 39.3 Å². The van der Waals surface area contributed by atoms with Crippen LogP contribution in [-0.2, 0) is 9.59 Å². The van der Waals surface area contributed by atoms with Gasteiger partial charge in [-0.15, -0.1) is 0 Å². The van der Waals surface area contributed by atoms with Gasteiger partial charge < -0.3 is 15.1 Å². The molecule has 0 aromatic heterocycles. The maximum absolute atomic E-state index is 12.6. The fraction of sp³-hybridized carbons (Fsp3) is 0.913. The highest BCUT2D eigenvalue weighted by molar-refractivity contribution is 5.79. The molecule has 3 rings (SSSR count). The van der Waals surface area contributed by atoms with Crippen molar-refractivity contribution in [1.29, 1.82) is 0 Å². The maximum Gasteiger partial charge on any atom is 0.225 e. The Kier molecular flexibility index (Phi) is 8.63.